The van der Waals surface area contributed by atoms with Crippen LogP contribution in [0.15, 0.2) is 24.3 Å². The lowest BCUT2D eigenvalue weighted by atomic mass is 9.84. The Morgan fingerprint density at radius 2 is 1.89 bits per heavy atom. The summed E-state index contributed by atoms with van der Waals surface area (Å²) in [5, 5.41) is 3.42. The first-order valence-corrected chi connectivity index (χ1v) is 6.80. The fraction of sp³-hybridized carbons (Fsp3) is 0.562. The fourth-order valence-electron chi connectivity index (χ4n) is 2.01. The third-order valence-electron chi connectivity index (χ3n) is 3.32. The van der Waals surface area contributed by atoms with Gasteiger partial charge in [-0.2, -0.15) is 0 Å². The van der Waals surface area contributed by atoms with Crippen molar-refractivity contribution in [1.29, 1.82) is 0 Å². The van der Waals surface area contributed by atoms with Gasteiger partial charge < -0.3 is 14.8 Å². The molecule has 3 heteroatoms. The van der Waals surface area contributed by atoms with E-state index in [4.69, 9.17) is 4.74 Å². The van der Waals surface area contributed by atoms with Gasteiger partial charge >= 0.3 is 0 Å². The van der Waals surface area contributed by atoms with E-state index in [1.54, 1.807) is 14.0 Å². The smallest absolute Gasteiger partial charge is 0.129 e. The summed E-state index contributed by atoms with van der Waals surface area (Å²) in [5.41, 5.74) is 1.36. The van der Waals surface area contributed by atoms with Crippen molar-refractivity contribution >= 4 is 5.78 Å². The summed E-state index contributed by atoms with van der Waals surface area (Å²) >= 11 is 0. The Kier molecular flexibility index (Phi) is 6.03. The summed E-state index contributed by atoms with van der Waals surface area (Å²) in [5.74, 6) is 1.14. The molecule has 3 nitrogen and oxygen atoms in total. The number of Topliss-reactive ketones (excluding diaryl/α,β-unsaturated/α-hetero) is 1. The third kappa shape index (κ3) is 5.43. The lowest BCUT2D eigenvalue weighted by Gasteiger charge is -2.26. The van der Waals surface area contributed by atoms with Gasteiger partial charge in [-0.05, 0) is 37.6 Å². The number of ketones is 1. The molecule has 1 rings (SSSR count). The zero-order valence-electron chi connectivity index (χ0n) is 12.5. The molecule has 19 heavy (non-hydrogen) atoms. The molecule has 1 aromatic carbocycles. The van der Waals surface area contributed by atoms with Crippen molar-refractivity contribution in [3.8, 4) is 5.75 Å². The Morgan fingerprint density at radius 3 is 2.42 bits per heavy atom. The molecule has 1 aromatic rings. The van der Waals surface area contributed by atoms with E-state index in [1.165, 1.54) is 5.56 Å². The van der Waals surface area contributed by atoms with Crippen molar-refractivity contribution in [2.24, 2.45) is 0 Å². The molecular weight excluding hydrogens is 238 g/mol. The van der Waals surface area contributed by atoms with E-state index in [0.29, 0.717) is 6.42 Å². The Bertz CT molecular complexity index is 396. The Hall–Kier alpha value is -1.35. The highest BCUT2D eigenvalue weighted by molar-refractivity contribution is 5.75. The third-order valence-corrected chi connectivity index (χ3v) is 3.32. The Balaban J connectivity index is 2.43. The maximum absolute atomic E-state index is 10.8. The number of ether oxygens (including phenoxy) is 1. The Labute approximate surface area is 116 Å². The molecule has 0 bridgehead atoms. The molecule has 0 saturated heterocycles. The first kappa shape index (κ1) is 15.7. The summed E-state index contributed by atoms with van der Waals surface area (Å²) in [6.07, 6.45) is 1.57. The maximum atomic E-state index is 10.8. The number of carbonyl (C=O) groups excluding carboxylic acids is 1. The predicted molar refractivity (Wildman–Crippen MR) is 78.8 cm³/mol. The van der Waals surface area contributed by atoms with Crippen LogP contribution in [0.5, 0.6) is 5.75 Å². The molecule has 0 unspecified atom stereocenters. The van der Waals surface area contributed by atoms with Crippen LogP contribution in [0, 0.1) is 0 Å². The van der Waals surface area contributed by atoms with Crippen molar-refractivity contribution in [3.05, 3.63) is 29.8 Å². The number of hydrogen-bond acceptors (Lipinski definition) is 3. The van der Waals surface area contributed by atoms with E-state index in [2.05, 4.69) is 31.3 Å². The van der Waals surface area contributed by atoms with Crippen LogP contribution in [-0.4, -0.2) is 26.0 Å². The predicted octanol–water partition coefficient (Wildman–Crippen LogP) is 2.93. The molecule has 0 aliphatic rings. The van der Waals surface area contributed by atoms with E-state index in [1.807, 2.05) is 12.1 Å². The molecule has 0 aromatic heterocycles. The van der Waals surface area contributed by atoms with Crippen LogP contribution in [0.2, 0.25) is 0 Å². The first-order chi connectivity index (χ1) is 8.95. The van der Waals surface area contributed by atoms with Crippen LogP contribution in [0.3, 0.4) is 0 Å². The largest absolute Gasteiger partial charge is 0.497 e. The van der Waals surface area contributed by atoms with Gasteiger partial charge in [0.05, 0.1) is 7.11 Å². The molecular formula is C16H25NO2. The zero-order valence-corrected chi connectivity index (χ0v) is 12.5. The van der Waals surface area contributed by atoms with Gasteiger partial charge in [0.15, 0.2) is 0 Å². The van der Waals surface area contributed by atoms with E-state index in [-0.39, 0.29) is 11.2 Å². The van der Waals surface area contributed by atoms with E-state index in [9.17, 15) is 4.79 Å². The summed E-state index contributed by atoms with van der Waals surface area (Å²) in [4.78, 5) is 10.8. The minimum atomic E-state index is 0.0719. The molecule has 0 fully saturated rings. The van der Waals surface area contributed by atoms with Gasteiger partial charge in [-0.1, -0.05) is 26.0 Å². The molecule has 0 atom stereocenters. The van der Waals surface area contributed by atoms with Crippen LogP contribution >= 0.6 is 0 Å². The van der Waals surface area contributed by atoms with Gasteiger partial charge in [-0.3, -0.25) is 0 Å². The molecule has 0 saturated carbocycles. The summed E-state index contributed by atoms with van der Waals surface area (Å²) < 4.78 is 5.17. The number of methoxy groups -OCH3 is 1. The SMILES string of the molecule is COc1ccc(C(C)(C)CNCCCC(C)=O)cc1. The number of benzene rings is 1. The van der Waals surface area contributed by atoms with Crippen LogP contribution in [0.25, 0.3) is 0 Å². The lowest BCUT2D eigenvalue weighted by Crippen LogP contribution is -2.33. The summed E-state index contributed by atoms with van der Waals surface area (Å²) in [6, 6.07) is 8.20. The van der Waals surface area contributed by atoms with Gasteiger partial charge in [0.25, 0.3) is 0 Å². The minimum Gasteiger partial charge on any atom is -0.497 e. The van der Waals surface area contributed by atoms with Crippen LogP contribution in [0.4, 0.5) is 0 Å². The standard InChI is InChI=1S/C16H25NO2/c1-13(18)6-5-11-17-12-16(2,3)14-7-9-15(19-4)10-8-14/h7-10,17H,5-6,11-12H2,1-4H3. The average molecular weight is 263 g/mol. The van der Waals surface area contributed by atoms with E-state index in [0.717, 1.165) is 25.3 Å². The van der Waals surface area contributed by atoms with Crippen molar-refractivity contribution in [3.63, 3.8) is 0 Å². The van der Waals surface area contributed by atoms with Crippen LogP contribution in [0.1, 0.15) is 39.2 Å². The van der Waals surface area contributed by atoms with Crippen LogP contribution < -0.4 is 10.1 Å². The average Bonchev–Trinajstić information content (AvgIpc) is 2.38. The number of nitrogens with one attached hydrogen (secondary N) is 1. The minimum absolute atomic E-state index is 0.0719. The highest BCUT2D eigenvalue weighted by Gasteiger charge is 2.19. The van der Waals surface area contributed by atoms with Gasteiger partial charge in [-0.15, -0.1) is 0 Å². The second-order valence-electron chi connectivity index (χ2n) is 5.59. The number of carbonyl (C=O) groups is 1. The maximum Gasteiger partial charge on any atom is 0.129 e. The van der Waals surface area contributed by atoms with Crippen molar-refractivity contribution in [2.75, 3.05) is 20.2 Å². The monoisotopic (exact) mass is 263 g/mol. The van der Waals surface area contributed by atoms with E-state index >= 15 is 0 Å². The topological polar surface area (TPSA) is 38.3 Å². The highest BCUT2D eigenvalue weighted by Crippen LogP contribution is 2.24. The zero-order chi connectivity index (χ0) is 14.3. The van der Waals surface area contributed by atoms with Gasteiger partial charge in [0.1, 0.15) is 11.5 Å². The van der Waals surface area contributed by atoms with Gasteiger partial charge in [0, 0.05) is 18.4 Å². The summed E-state index contributed by atoms with van der Waals surface area (Å²) in [6.45, 7) is 7.86. The molecule has 0 amide bonds. The molecule has 0 aliphatic heterocycles. The quantitative estimate of drug-likeness (QED) is 0.733. The normalized spacial score (nSPS) is 11.4. The number of rotatable bonds is 8. The molecule has 0 radical (unpaired) electrons. The molecule has 0 aliphatic carbocycles. The molecule has 0 heterocycles. The van der Waals surface area contributed by atoms with Crippen LogP contribution in [-0.2, 0) is 10.2 Å². The fourth-order valence-corrected chi connectivity index (χ4v) is 2.01. The second kappa shape index (κ2) is 7.29. The molecule has 0 spiro atoms. The van der Waals surface area contributed by atoms with Gasteiger partial charge in [-0.25, -0.2) is 0 Å². The summed E-state index contributed by atoms with van der Waals surface area (Å²) in [7, 11) is 1.68. The van der Waals surface area contributed by atoms with Gasteiger partial charge in [0.2, 0.25) is 0 Å². The van der Waals surface area contributed by atoms with Crippen molar-refractivity contribution in [1.82, 2.24) is 5.32 Å². The molecule has 1 N–H and O–H groups in total. The lowest BCUT2D eigenvalue weighted by molar-refractivity contribution is -0.117. The highest BCUT2D eigenvalue weighted by atomic mass is 16.5. The molecule has 106 valence electrons. The van der Waals surface area contributed by atoms with E-state index < -0.39 is 0 Å². The Morgan fingerprint density at radius 1 is 1.26 bits per heavy atom. The van der Waals surface area contributed by atoms with Crippen molar-refractivity contribution < 1.29 is 9.53 Å². The van der Waals surface area contributed by atoms with Crippen molar-refractivity contribution in [2.45, 2.75) is 39.0 Å². The second-order valence-corrected chi connectivity index (χ2v) is 5.59. The number of hydrogen-bond donors (Lipinski definition) is 1. The first-order valence-electron chi connectivity index (χ1n) is 6.80.